The number of nitrogens with one attached hydrogen (secondary N) is 1. The van der Waals surface area contributed by atoms with E-state index in [2.05, 4.69) is 5.32 Å². The zero-order valence-corrected chi connectivity index (χ0v) is 19.1. The maximum absolute atomic E-state index is 13.0. The third-order valence-corrected chi connectivity index (χ3v) is 6.94. The fourth-order valence-electron chi connectivity index (χ4n) is 3.37. The van der Waals surface area contributed by atoms with E-state index >= 15 is 0 Å². The summed E-state index contributed by atoms with van der Waals surface area (Å²) >= 11 is 0. The number of nitrogen functional groups attached to an aromatic ring is 1. The number of nitrogens with zero attached hydrogens (tertiary/aromatic N) is 1. The van der Waals surface area contributed by atoms with Crippen LogP contribution in [0.3, 0.4) is 0 Å². The van der Waals surface area contributed by atoms with Crippen molar-refractivity contribution in [1.29, 1.82) is 0 Å². The highest BCUT2D eigenvalue weighted by Crippen LogP contribution is 2.23. The zero-order valence-electron chi connectivity index (χ0n) is 18.3. The van der Waals surface area contributed by atoms with Crippen LogP contribution in [0.5, 0.6) is 0 Å². The number of hydrogen-bond acceptors (Lipinski definition) is 5. The van der Waals surface area contributed by atoms with Crippen LogP contribution in [-0.2, 0) is 21.4 Å². The highest BCUT2D eigenvalue weighted by Gasteiger charge is 2.16. The molecule has 172 valence electrons. The van der Waals surface area contributed by atoms with Crippen molar-refractivity contribution < 1.29 is 13.2 Å². The number of nitrogens with two attached hydrogens (primary N) is 2. The van der Waals surface area contributed by atoms with E-state index < -0.39 is 10.0 Å². The largest absolute Gasteiger partial charge is 0.397 e. The molecule has 0 aliphatic heterocycles. The lowest BCUT2D eigenvalue weighted by atomic mass is 10.0. The van der Waals surface area contributed by atoms with Crippen LogP contribution >= 0.6 is 0 Å². The molecular formula is C26H24N4O3S. The Bertz CT molecular complexity index is 1440. The number of benzene rings is 3. The van der Waals surface area contributed by atoms with Gasteiger partial charge in [-0.3, -0.25) is 4.79 Å². The molecule has 0 bridgehead atoms. The van der Waals surface area contributed by atoms with E-state index in [0.29, 0.717) is 23.5 Å². The second-order valence-corrected chi connectivity index (χ2v) is 9.46. The van der Waals surface area contributed by atoms with Gasteiger partial charge in [-0.1, -0.05) is 48.5 Å². The average molecular weight is 473 g/mol. The van der Waals surface area contributed by atoms with Crippen molar-refractivity contribution >= 4 is 33.4 Å². The van der Waals surface area contributed by atoms with Crippen molar-refractivity contribution in [3.63, 3.8) is 0 Å². The summed E-state index contributed by atoms with van der Waals surface area (Å²) in [5.41, 5.74) is 15.9. The molecule has 0 unspecified atom stereocenters. The summed E-state index contributed by atoms with van der Waals surface area (Å²) in [6.07, 6.45) is 5.76. The third kappa shape index (κ3) is 5.09. The fourth-order valence-corrected chi connectivity index (χ4v) is 4.58. The van der Waals surface area contributed by atoms with Gasteiger partial charge < -0.3 is 16.8 Å². The van der Waals surface area contributed by atoms with Crippen LogP contribution in [0.4, 0.5) is 11.4 Å². The van der Waals surface area contributed by atoms with Crippen LogP contribution in [0.2, 0.25) is 0 Å². The molecule has 0 aliphatic rings. The molecular weight excluding hydrogens is 448 g/mol. The minimum absolute atomic E-state index is 0.165. The van der Waals surface area contributed by atoms with Gasteiger partial charge in [-0.2, -0.15) is 0 Å². The normalized spacial score (nSPS) is 11.6. The zero-order chi connectivity index (χ0) is 24.1. The molecule has 0 spiro atoms. The monoisotopic (exact) mass is 472 g/mol. The molecule has 1 amide bonds. The number of amides is 1. The molecule has 1 aromatic heterocycles. The first-order chi connectivity index (χ1) is 16.4. The fraction of sp³-hybridized carbons (Fsp3) is 0.0385. The highest BCUT2D eigenvalue weighted by atomic mass is 32.2. The summed E-state index contributed by atoms with van der Waals surface area (Å²) in [5, 5.41) is 2.69. The van der Waals surface area contributed by atoms with Gasteiger partial charge in [0.1, 0.15) is 0 Å². The molecule has 5 N–H and O–H groups in total. The van der Waals surface area contributed by atoms with E-state index in [1.165, 1.54) is 24.5 Å². The first-order valence-electron chi connectivity index (χ1n) is 10.5. The van der Waals surface area contributed by atoms with Crippen molar-refractivity contribution in [2.45, 2.75) is 11.4 Å². The Kier molecular flexibility index (Phi) is 6.62. The molecule has 0 fully saturated rings. The van der Waals surface area contributed by atoms with Crippen LogP contribution in [-0.4, -0.2) is 18.3 Å². The minimum atomic E-state index is -3.77. The number of rotatable bonds is 7. The van der Waals surface area contributed by atoms with Crippen molar-refractivity contribution in [2.75, 3.05) is 11.1 Å². The van der Waals surface area contributed by atoms with Gasteiger partial charge in [0.15, 0.2) is 0 Å². The average Bonchev–Trinajstić information content (AvgIpc) is 3.34. The van der Waals surface area contributed by atoms with Gasteiger partial charge in [0.25, 0.3) is 10.0 Å². The highest BCUT2D eigenvalue weighted by molar-refractivity contribution is 7.90. The first kappa shape index (κ1) is 23.0. The summed E-state index contributed by atoms with van der Waals surface area (Å²) in [6, 6.07) is 23.1. The van der Waals surface area contributed by atoms with Gasteiger partial charge >= 0.3 is 0 Å². The van der Waals surface area contributed by atoms with E-state index in [9.17, 15) is 13.2 Å². The Morgan fingerprint density at radius 2 is 1.56 bits per heavy atom. The second-order valence-electron chi connectivity index (χ2n) is 7.62. The maximum atomic E-state index is 13.0. The van der Waals surface area contributed by atoms with Gasteiger partial charge in [0.2, 0.25) is 5.91 Å². The van der Waals surface area contributed by atoms with Crippen molar-refractivity contribution in [3.8, 4) is 11.1 Å². The summed E-state index contributed by atoms with van der Waals surface area (Å²) in [4.78, 5) is 12.3. The lowest BCUT2D eigenvalue weighted by Gasteiger charge is -2.08. The molecule has 3 aromatic carbocycles. The van der Waals surface area contributed by atoms with Gasteiger partial charge in [0, 0.05) is 25.0 Å². The Labute approximate surface area is 198 Å². The summed E-state index contributed by atoms with van der Waals surface area (Å²) in [7, 11) is -3.77. The lowest BCUT2D eigenvalue weighted by molar-refractivity contribution is -0.111. The number of carbonyl (C=O) groups is 1. The second kappa shape index (κ2) is 9.78. The number of carbonyl (C=O) groups excluding carboxylic acids is 1. The van der Waals surface area contributed by atoms with E-state index in [0.717, 1.165) is 20.7 Å². The number of anilines is 2. The topological polar surface area (TPSA) is 120 Å². The van der Waals surface area contributed by atoms with Crippen LogP contribution < -0.4 is 16.8 Å². The van der Waals surface area contributed by atoms with Crippen molar-refractivity contribution in [2.24, 2.45) is 5.73 Å². The smallest absolute Gasteiger partial charge is 0.267 e. The predicted octanol–water partition coefficient (Wildman–Crippen LogP) is 4.08. The standard InChI is InChI=1S/C26H24N4O3S/c27-17-19-5-8-21(9-6-19)22-10-12-23(13-11-22)34(32,33)30-16-15-20(18-30)7-14-26(31)29-25-4-2-1-3-24(25)28/h1-16,18H,17,27-28H2,(H,29,31)/b14-7+. The molecule has 0 atom stereocenters. The number of hydrogen-bond donors (Lipinski definition) is 3. The summed E-state index contributed by atoms with van der Waals surface area (Å²) in [5.74, 6) is -0.372. The first-order valence-corrected chi connectivity index (χ1v) is 12.0. The Hall–Kier alpha value is -4.14. The van der Waals surface area contributed by atoms with E-state index in [1.807, 2.05) is 24.3 Å². The van der Waals surface area contributed by atoms with E-state index in [-0.39, 0.29) is 10.8 Å². The van der Waals surface area contributed by atoms with Crippen LogP contribution in [0.1, 0.15) is 11.1 Å². The molecule has 4 aromatic rings. The number of aromatic nitrogens is 1. The molecule has 7 nitrogen and oxygen atoms in total. The van der Waals surface area contributed by atoms with Gasteiger partial charge in [-0.15, -0.1) is 0 Å². The number of para-hydroxylation sites is 2. The molecule has 8 heteroatoms. The maximum Gasteiger partial charge on any atom is 0.267 e. The SMILES string of the molecule is NCc1ccc(-c2ccc(S(=O)(=O)n3ccc(/C=C/C(=O)Nc4ccccc4N)c3)cc2)cc1. The van der Waals surface area contributed by atoms with Crippen molar-refractivity contribution in [1.82, 2.24) is 3.97 Å². The molecule has 0 saturated carbocycles. The molecule has 4 rings (SSSR count). The van der Waals surface area contributed by atoms with E-state index in [1.54, 1.807) is 54.6 Å². The van der Waals surface area contributed by atoms with E-state index in [4.69, 9.17) is 11.5 Å². The van der Waals surface area contributed by atoms with Gasteiger partial charge in [-0.25, -0.2) is 12.4 Å². The molecule has 1 heterocycles. The molecule has 34 heavy (non-hydrogen) atoms. The Morgan fingerprint density at radius 3 is 2.21 bits per heavy atom. The minimum Gasteiger partial charge on any atom is -0.397 e. The summed E-state index contributed by atoms with van der Waals surface area (Å²) in [6.45, 7) is 0.470. The van der Waals surface area contributed by atoms with Crippen LogP contribution in [0.15, 0.2) is 102 Å². The Morgan fingerprint density at radius 1 is 0.912 bits per heavy atom. The van der Waals surface area contributed by atoms with Crippen LogP contribution in [0, 0.1) is 0 Å². The third-order valence-electron chi connectivity index (χ3n) is 5.29. The van der Waals surface area contributed by atoms with Crippen molar-refractivity contribution in [3.05, 3.63) is 108 Å². The molecule has 0 radical (unpaired) electrons. The quantitative estimate of drug-likeness (QED) is 0.276. The van der Waals surface area contributed by atoms with Gasteiger partial charge in [0.05, 0.1) is 16.3 Å². The summed E-state index contributed by atoms with van der Waals surface area (Å²) < 4.78 is 27.2. The van der Waals surface area contributed by atoms with Gasteiger partial charge in [-0.05, 0) is 58.7 Å². The molecule has 0 saturated heterocycles. The Balaban J connectivity index is 1.47. The predicted molar refractivity (Wildman–Crippen MR) is 135 cm³/mol. The van der Waals surface area contributed by atoms with Crippen LogP contribution in [0.25, 0.3) is 17.2 Å². The lowest BCUT2D eigenvalue weighted by Crippen LogP contribution is -2.10. The molecule has 0 aliphatic carbocycles.